The molecule has 1 aliphatic rings. The van der Waals surface area contributed by atoms with Gasteiger partial charge in [0.25, 0.3) is 0 Å². The lowest BCUT2D eigenvalue weighted by Gasteiger charge is -2.30. The third-order valence-corrected chi connectivity index (χ3v) is 4.59. The van der Waals surface area contributed by atoms with Crippen molar-refractivity contribution in [3.63, 3.8) is 0 Å². The van der Waals surface area contributed by atoms with Crippen molar-refractivity contribution in [3.8, 4) is 16.9 Å². The number of rotatable bonds is 4. The molecule has 0 atom stereocenters. The molecule has 2 aromatic carbocycles. The minimum Gasteiger partial charge on any atom is -0.423 e. The molecule has 0 bridgehead atoms. The maximum atomic E-state index is 13.2. The maximum absolute atomic E-state index is 13.2. The summed E-state index contributed by atoms with van der Waals surface area (Å²) in [6, 6.07) is 20.9. The van der Waals surface area contributed by atoms with Crippen LogP contribution in [-0.2, 0) is 0 Å². The third kappa shape index (κ3) is 3.83. The Morgan fingerprint density at radius 3 is 2.30 bits per heavy atom. The van der Waals surface area contributed by atoms with Gasteiger partial charge in [0.2, 0.25) is 0 Å². The molecule has 1 fully saturated rings. The average molecular weight is 359 g/mol. The van der Waals surface area contributed by atoms with Crippen molar-refractivity contribution < 1.29 is 9.53 Å². The van der Waals surface area contributed by atoms with Crippen LogP contribution < -0.4 is 15.0 Å². The van der Waals surface area contributed by atoms with E-state index in [1.165, 1.54) is 0 Å². The molecule has 1 aliphatic heterocycles. The van der Waals surface area contributed by atoms with Gasteiger partial charge in [-0.3, -0.25) is 0 Å². The van der Waals surface area contributed by atoms with Gasteiger partial charge in [0.15, 0.2) is 0 Å². The number of aromatic nitrogens is 1. The smallest absolute Gasteiger partial charge is 0.347 e. The standard InChI is InChI=1S/C22H21N3O2/c26-22(27-18-9-5-2-6-10-18)20-19(17-7-3-1-4-8-17)11-12-24-21(20)25-15-13-23-14-16-25/h1-12,23H,13-16H2. The molecule has 4 rings (SSSR count). The molecule has 0 radical (unpaired) electrons. The van der Waals surface area contributed by atoms with E-state index in [-0.39, 0.29) is 5.97 Å². The highest BCUT2D eigenvalue weighted by Gasteiger charge is 2.25. The fourth-order valence-corrected chi connectivity index (χ4v) is 3.27. The second-order valence-electron chi connectivity index (χ2n) is 6.36. The van der Waals surface area contributed by atoms with E-state index < -0.39 is 0 Å². The minimum absolute atomic E-state index is 0.387. The van der Waals surface area contributed by atoms with E-state index in [0.717, 1.165) is 37.3 Å². The molecule has 0 saturated carbocycles. The molecule has 27 heavy (non-hydrogen) atoms. The monoisotopic (exact) mass is 359 g/mol. The second-order valence-corrected chi connectivity index (χ2v) is 6.36. The Labute approximate surface area is 158 Å². The van der Waals surface area contributed by atoms with Gasteiger partial charge >= 0.3 is 5.97 Å². The van der Waals surface area contributed by atoms with Crippen molar-refractivity contribution in [3.05, 3.63) is 78.5 Å². The number of piperazine rings is 1. The Hall–Kier alpha value is -3.18. The molecule has 0 unspecified atom stereocenters. The van der Waals surface area contributed by atoms with Gasteiger partial charge in [-0.05, 0) is 23.8 Å². The lowest BCUT2D eigenvalue weighted by atomic mass is 10.0. The van der Waals surface area contributed by atoms with Crippen LogP contribution in [0, 0.1) is 0 Å². The van der Waals surface area contributed by atoms with E-state index in [2.05, 4.69) is 15.2 Å². The number of hydrogen-bond acceptors (Lipinski definition) is 5. The van der Waals surface area contributed by atoms with Crippen molar-refractivity contribution in [2.24, 2.45) is 0 Å². The molecule has 1 aromatic heterocycles. The maximum Gasteiger partial charge on any atom is 0.347 e. The molecule has 136 valence electrons. The zero-order valence-corrected chi connectivity index (χ0v) is 15.0. The van der Waals surface area contributed by atoms with Crippen LogP contribution in [0.2, 0.25) is 0 Å². The highest BCUT2D eigenvalue weighted by Crippen LogP contribution is 2.31. The fraction of sp³-hybridized carbons (Fsp3) is 0.182. The van der Waals surface area contributed by atoms with E-state index in [1.54, 1.807) is 18.3 Å². The third-order valence-electron chi connectivity index (χ3n) is 4.59. The Balaban J connectivity index is 1.78. The predicted molar refractivity (Wildman–Crippen MR) is 106 cm³/mol. The molecule has 0 amide bonds. The second kappa shape index (κ2) is 8.01. The topological polar surface area (TPSA) is 54.5 Å². The van der Waals surface area contributed by atoms with Gasteiger partial charge in [-0.2, -0.15) is 0 Å². The normalized spacial score (nSPS) is 14.0. The number of benzene rings is 2. The van der Waals surface area contributed by atoms with Crippen LogP contribution >= 0.6 is 0 Å². The van der Waals surface area contributed by atoms with Crippen LogP contribution in [0.5, 0.6) is 5.75 Å². The van der Waals surface area contributed by atoms with Gasteiger partial charge in [0.05, 0.1) is 0 Å². The highest BCUT2D eigenvalue weighted by atomic mass is 16.5. The summed E-state index contributed by atoms with van der Waals surface area (Å²) < 4.78 is 5.67. The van der Waals surface area contributed by atoms with Gasteiger partial charge in [-0.1, -0.05) is 48.5 Å². The van der Waals surface area contributed by atoms with E-state index >= 15 is 0 Å². The molecular weight excluding hydrogens is 338 g/mol. The Morgan fingerprint density at radius 1 is 0.926 bits per heavy atom. The Morgan fingerprint density at radius 2 is 1.59 bits per heavy atom. The summed E-state index contributed by atoms with van der Waals surface area (Å²) in [5.74, 6) is 0.817. The largest absolute Gasteiger partial charge is 0.423 e. The molecular formula is C22H21N3O2. The minimum atomic E-state index is -0.387. The molecule has 1 N–H and O–H groups in total. The van der Waals surface area contributed by atoms with Gasteiger partial charge < -0.3 is 15.0 Å². The summed E-state index contributed by atoms with van der Waals surface area (Å²) in [4.78, 5) is 19.9. The van der Waals surface area contributed by atoms with Gasteiger partial charge in [-0.15, -0.1) is 0 Å². The number of hydrogen-bond donors (Lipinski definition) is 1. The average Bonchev–Trinajstić information content (AvgIpc) is 2.75. The number of para-hydroxylation sites is 1. The van der Waals surface area contributed by atoms with Gasteiger partial charge in [0.1, 0.15) is 17.1 Å². The number of carbonyl (C=O) groups is 1. The Kier molecular flexibility index (Phi) is 5.12. The summed E-state index contributed by atoms with van der Waals surface area (Å²) in [5.41, 5.74) is 2.31. The summed E-state index contributed by atoms with van der Waals surface area (Å²) in [6.07, 6.45) is 1.76. The quantitative estimate of drug-likeness (QED) is 0.572. The van der Waals surface area contributed by atoms with Crippen molar-refractivity contribution in [2.75, 3.05) is 31.1 Å². The number of carbonyl (C=O) groups excluding carboxylic acids is 1. The summed E-state index contributed by atoms with van der Waals surface area (Å²) >= 11 is 0. The first kappa shape index (κ1) is 17.2. The fourth-order valence-electron chi connectivity index (χ4n) is 3.27. The lowest BCUT2D eigenvalue weighted by molar-refractivity contribution is 0.0735. The molecule has 3 aromatic rings. The van der Waals surface area contributed by atoms with Crippen LogP contribution in [0.3, 0.4) is 0 Å². The number of nitrogens with one attached hydrogen (secondary N) is 1. The number of esters is 1. The molecule has 5 heteroatoms. The van der Waals surface area contributed by atoms with E-state index in [4.69, 9.17) is 4.74 Å². The van der Waals surface area contributed by atoms with Crippen molar-refractivity contribution in [1.29, 1.82) is 0 Å². The molecule has 0 aliphatic carbocycles. The van der Waals surface area contributed by atoms with Gasteiger partial charge in [-0.25, -0.2) is 9.78 Å². The number of nitrogens with zero attached hydrogens (tertiary/aromatic N) is 2. The van der Waals surface area contributed by atoms with Crippen molar-refractivity contribution in [2.45, 2.75) is 0 Å². The first-order valence-corrected chi connectivity index (χ1v) is 9.10. The first-order chi connectivity index (χ1) is 13.3. The number of ether oxygens (including phenoxy) is 1. The zero-order chi connectivity index (χ0) is 18.5. The summed E-state index contributed by atoms with van der Waals surface area (Å²) in [7, 11) is 0. The molecule has 2 heterocycles. The zero-order valence-electron chi connectivity index (χ0n) is 15.0. The van der Waals surface area contributed by atoms with Crippen LogP contribution in [-0.4, -0.2) is 37.1 Å². The van der Waals surface area contributed by atoms with Crippen LogP contribution in [0.25, 0.3) is 11.1 Å². The SMILES string of the molecule is O=C(Oc1ccccc1)c1c(-c2ccccc2)ccnc1N1CCNCC1. The number of pyridine rings is 1. The Bertz CT molecular complexity index is 907. The first-order valence-electron chi connectivity index (χ1n) is 9.10. The van der Waals surface area contributed by atoms with E-state index in [0.29, 0.717) is 17.1 Å². The van der Waals surface area contributed by atoms with Gasteiger partial charge in [0, 0.05) is 37.9 Å². The van der Waals surface area contributed by atoms with E-state index in [9.17, 15) is 4.79 Å². The molecule has 1 saturated heterocycles. The number of anilines is 1. The van der Waals surface area contributed by atoms with E-state index in [1.807, 2.05) is 54.6 Å². The molecule has 5 nitrogen and oxygen atoms in total. The lowest BCUT2D eigenvalue weighted by Crippen LogP contribution is -2.44. The van der Waals surface area contributed by atoms with Crippen LogP contribution in [0.4, 0.5) is 5.82 Å². The predicted octanol–water partition coefficient (Wildman–Crippen LogP) is 3.38. The van der Waals surface area contributed by atoms with Crippen molar-refractivity contribution >= 4 is 11.8 Å². The summed E-state index contributed by atoms with van der Waals surface area (Å²) in [6.45, 7) is 3.34. The molecule has 0 spiro atoms. The van der Waals surface area contributed by atoms with Crippen molar-refractivity contribution in [1.82, 2.24) is 10.3 Å². The van der Waals surface area contributed by atoms with Crippen LogP contribution in [0.15, 0.2) is 72.9 Å². The highest BCUT2D eigenvalue weighted by molar-refractivity contribution is 6.03. The summed E-state index contributed by atoms with van der Waals surface area (Å²) in [5, 5.41) is 3.33. The van der Waals surface area contributed by atoms with Crippen LogP contribution in [0.1, 0.15) is 10.4 Å².